The summed E-state index contributed by atoms with van der Waals surface area (Å²) in [7, 11) is -3.73. The van der Waals surface area contributed by atoms with Crippen LogP contribution in [0.3, 0.4) is 0 Å². The second kappa shape index (κ2) is 7.32. The quantitative estimate of drug-likeness (QED) is 0.483. The predicted octanol–water partition coefficient (Wildman–Crippen LogP) is 4.07. The van der Waals surface area contributed by atoms with Gasteiger partial charge in [0.25, 0.3) is 0 Å². The van der Waals surface area contributed by atoms with Gasteiger partial charge in [-0.25, -0.2) is 13.1 Å². The van der Waals surface area contributed by atoms with E-state index in [2.05, 4.69) is 9.71 Å². The maximum atomic E-state index is 12.7. The molecule has 0 amide bonds. The first-order valence-corrected chi connectivity index (χ1v) is 11.3. The van der Waals surface area contributed by atoms with E-state index in [1.807, 2.05) is 17.5 Å². The van der Waals surface area contributed by atoms with E-state index in [1.54, 1.807) is 41.9 Å². The zero-order valence-electron chi connectivity index (χ0n) is 14.0. The Morgan fingerprint density at radius 1 is 1.07 bits per heavy atom. The van der Waals surface area contributed by atoms with Crippen LogP contribution in [0.15, 0.2) is 70.4 Å². The third kappa shape index (κ3) is 3.70. The number of rotatable bonds is 6. The molecule has 0 saturated carbocycles. The summed E-state index contributed by atoms with van der Waals surface area (Å²) in [5, 5.41) is 4.42. The number of thiophene rings is 2. The topological polar surface area (TPSA) is 76.1 Å². The standard InChI is InChI=1S/C19H14N2O3S3/c22-19(14-8-10-25-12-14)16-7-6-15(26-16)11-21-27(23,24)17-5-1-3-13-4-2-9-20-18(13)17/h1-10,12,21H,11H2. The summed E-state index contributed by atoms with van der Waals surface area (Å²) in [5.41, 5.74) is 1.09. The number of pyridine rings is 1. The van der Waals surface area contributed by atoms with Crippen molar-refractivity contribution in [1.82, 2.24) is 9.71 Å². The van der Waals surface area contributed by atoms with Gasteiger partial charge < -0.3 is 0 Å². The van der Waals surface area contributed by atoms with Crippen LogP contribution in [0.5, 0.6) is 0 Å². The van der Waals surface area contributed by atoms with Crippen LogP contribution in [0.4, 0.5) is 0 Å². The van der Waals surface area contributed by atoms with Gasteiger partial charge in [0.05, 0.1) is 10.4 Å². The van der Waals surface area contributed by atoms with Gasteiger partial charge in [-0.2, -0.15) is 11.3 Å². The lowest BCUT2D eigenvalue weighted by molar-refractivity contribution is 0.104. The molecule has 0 radical (unpaired) electrons. The Labute approximate surface area is 164 Å². The highest BCUT2D eigenvalue weighted by molar-refractivity contribution is 7.89. The van der Waals surface area contributed by atoms with Gasteiger partial charge in [0.1, 0.15) is 4.90 Å². The summed E-state index contributed by atoms with van der Waals surface area (Å²) in [6, 6.07) is 13.9. The Hall–Kier alpha value is -2.39. The molecule has 0 saturated heterocycles. The van der Waals surface area contributed by atoms with Gasteiger partial charge in [-0.15, -0.1) is 11.3 Å². The molecular weight excluding hydrogens is 400 g/mol. The van der Waals surface area contributed by atoms with Crippen molar-refractivity contribution in [2.24, 2.45) is 0 Å². The number of sulfonamides is 1. The molecule has 27 heavy (non-hydrogen) atoms. The smallest absolute Gasteiger partial charge is 0.243 e. The van der Waals surface area contributed by atoms with Crippen LogP contribution in [0.1, 0.15) is 20.1 Å². The number of aromatic nitrogens is 1. The van der Waals surface area contributed by atoms with Crippen LogP contribution in [0, 0.1) is 0 Å². The van der Waals surface area contributed by atoms with Gasteiger partial charge >= 0.3 is 0 Å². The largest absolute Gasteiger partial charge is 0.288 e. The fourth-order valence-electron chi connectivity index (χ4n) is 2.67. The van der Waals surface area contributed by atoms with E-state index in [-0.39, 0.29) is 17.2 Å². The summed E-state index contributed by atoms with van der Waals surface area (Å²) in [4.78, 5) is 18.1. The van der Waals surface area contributed by atoms with E-state index in [4.69, 9.17) is 0 Å². The minimum Gasteiger partial charge on any atom is -0.288 e. The number of benzene rings is 1. The molecular formula is C19H14N2O3S3. The summed E-state index contributed by atoms with van der Waals surface area (Å²) in [5.74, 6) is -0.0476. The molecule has 8 heteroatoms. The van der Waals surface area contributed by atoms with Crippen molar-refractivity contribution in [3.63, 3.8) is 0 Å². The highest BCUT2D eigenvalue weighted by Crippen LogP contribution is 2.23. The summed E-state index contributed by atoms with van der Waals surface area (Å²) in [6.45, 7) is 0.118. The molecule has 0 aliphatic heterocycles. The first-order valence-electron chi connectivity index (χ1n) is 8.03. The third-order valence-corrected chi connectivity index (χ3v) is 7.19. The van der Waals surface area contributed by atoms with Crippen LogP contribution < -0.4 is 4.72 Å². The normalized spacial score (nSPS) is 11.7. The second-order valence-electron chi connectivity index (χ2n) is 5.76. The average Bonchev–Trinajstić information content (AvgIpc) is 3.37. The Balaban J connectivity index is 1.54. The zero-order chi connectivity index (χ0) is 18.9. The number of ketones is 1. The summed E-state index contributed by atoms with van der Waals surface area (Å²) >= 11 is 2.76. The lowest BCUT2D eigenvalue weighted by Gasteiger charge is -2.08. The molecule has 0 aliphatic carbocycles. The van der Waals surface area contributed by atoms with Crippen molar-refractivity contribution in [1.29, 1.82) is 0 Å². The fourth-order valence-corrected chi connectivity index (χ4v) is 5.49. The molecule has 5 nitrogen and oxygen atoms in total. The number of para-hydroxylation sites is 1. The molecule has 0 spiro atoms. The first kappa shape index (κ1) is 18.0. The molecule has 4 rings (SSSR count). The van der Waals surface area contributed by atoms with Crippen LogP contribution in [-0.2, 0) is 16.6 Å². The molecule has 0 fully saturated rings. The number of nitrogens with zero attached hydrogens (tertiary/aromatic N) is 1. The third-order valence-electron chi connectivity index (χ3n) is 3.99. The van der Waals surface area contributed by atoms with E-state index < -0.39 is 10.0 Å². The van der Waals surface area contributed by atoms with E-state index in [0.29, 0.717) is 16.0 Å². The molecule has 0 bridgehead atoms. The fraction of sp³-hybridized carbons (Fsp3) is 0.0526. The van der Waals surface area contributed by atoms with Gasteiger partial charge in [0.2, 0.25) is 15.8 Å². The SMILES string of the molecule is O=C(c1ccsc1)c1ccc(CNS(=O)(=O)c2cccc3cccnc23)s1. The maximum absolute atomic E-state index is 12.7. The molecule has 1 aromatic carbocycles. The van der Waals surface area contributed by atoms with E-state index in [0.717, 1.165) is 10.3 Å². The zero-order valence-corrected chi connectivity index (χ0v) is 16.4. The molecule has 3 heterocycles. The molecule has 1 N–H and O–H groups in total. The highest BCUT2D eigenvalue weighted by atomic mass is 32.2. The van der Waals surface area contributed by atoms with Crippen LogP contribution in [-0.4, -0.2) is 19.2 Å². The summed E-state index contributed by atoms with van der Waals surface area (Å²) < 4.78 is 28.1. The number of nitrogens with one attached hydrogen (secondary N) is 1. The van der Waals surface area contributed by atoms with Crippen LogP contribution >= 0.6 is 22.7 Å². The Bertz CT molecular complexity index is 1210. The number of carbonyl (C=O) groups excluding carboxylic acids is 1. The minimum atomic E-state index is -3.73. The van der Waals surface area contributed by atoms with Gasteiger partial charge in [-0.3, -0.25) is 9.78 Å². The van der Waals surface area contributed by atoms with Crippen molar-refractivity contribution >= 4 is 49.4 Å². The maximum Gasteiger partial charge on any atom is 0.243 e. The summed E-state index contributed by atoms with van der Waals surface area (Å²) in [6.07, 6.45) is 1.57. The molecule has 0 aliphatic rings. The lowest BCUT2D eigenvalue weighted by Crippen LogP contribution is -2.23. The van der Waals surface area contributed by atoms with Gasteiger partial charge in [0, 0.05) is 33.9 Å². The Morgan fingerprint density at radius 2 is 1.93 bits per heavy atom. The Kier molecular flexibility index (Phi) is 4.88. The van der Waals surface area contributed by atoms with E-state index in [1.165, 1.54) is 28.7 Å². The van der Waals surface area contributed by atoms with Crippen LogP contribution in [0.25, 0.3) is 10.9 Å². The second-order valence-corrected chi connectivity index (χ2v) is 9.45. The number of hydrogen-bond donors (Lipinski definition) is 1. The van der Waals surface area contributed by atoms with Crippen molar-refractivity contribution in [3.8, 4) is 0 Å². The highest BCUT2D eigenvalue weighted by Gasteiger charge is 2.19. The molecule has 136 valence electrons. The van der Waals surface area contributed by atoms with Crippen molar-refractivity contribution in [2.45, 2.75) is 11.4 Å². The van der Waals surface area contributed by atoms with Crippen molar-refractivity contribution in [2.75, 3.05) is 0 Å². The van der Waals surface area contributed by atoms with E-state index >= 15 is 0 Å². The predicted molar refractivity (Wildman–Crippen MR) is 108 cm³/mol. The Morgan fingerprint density at radius 3 is 2.74 bits per heavy atom. The molecule has 0 unspecified atom stereocenters. The minimum absolute atomic E-state index is 0.0476. The van der Waals surface area contributed by atoms with Gasteiger partial charge in [0.15, 0.2) is 0 Å². The van der Waals surface area contributed by atoms with Crippen molar-refractivity contribution < 1.29 is 13.2 Å². The number of carbonyl (C=O) groups is 1. The van der Waals surface area contributed by atoms with Crippen LogP contribution in [0.2, 0.25) is 0 Å². The van der Waals surface area contributed by atoms with E-state index in [9.17, 15) is 13.2 Å². The van der Waals surface area contributed by atoms with Gasteiger partial charge in [-0.05, 0) is 35.7 Å². The number of hydrogen-bond acceptors (Lipinski definition) is 6. The number of fused-ring (bicyclic) bond motifs is 1. The molecule has 0 atom stereocenters. The molecule has 4 aromatic rings. The average molecular weight is 415 g/mol. The monoisotopic (exact) mass is 414 g/mol. The lowest BCUT2D eigenvalue weighted by atomic mass is 10.2. The van der Waals surface area contributed by atoms with Gasteiger partial charge in [-0.1, -0.05) is 18.2 Å². The molecule has 3 aromatic heterocycles. The first-order chi connectivity index (χ1) is 13.0. The van der Waals surface area contributed by atoms with Crippen molar-refractivity contribution in [3.05, 3.63) is 80.8 Å².